The van der Waals surface area contributed by atoms with Gasteiger partial charge in [-0.25, -0.2) is 4.98 Å². The first-order valence-electron chi connectivity index (χ1n) is 8.96. The molecule has 2 aliphatic carbocycles. The second-order valence-corrected chi connectivity index (χ2v) is 10.3. The molecule has 1 N–H and O–H groups in total. The van der Waals surface area contributed by atoms with Gasteiger partial charge >= 0.3 is 0 Å². The summed E-state index contributed by atoms with van der Waals surface area (Å²) in [6, 6.07) is 0. The quantitative estimate of drug-likeness (QED) is 0.834. The lowest BCUT2D eigenvalue weighted by Crippen LogP contribution is -2.53. The summed E-state index contributed by atoms with van der Waals surface area (Å²) >= 11 is 1.88. The first kappa shape index (κ1) is 16.4. The van der Waals surface area contributed by atoms with Crippen LogP contribution >= 0.6 is 11.3 Å². The Morgan fingerprint density at radius 2 is 1.82 bits per heavy atom. The molecule has 3 rings (SSSR count). The van der Waals surface area contributed by atoms with Gasteiger partial charge in [-0.3, -0.25) is 0 Å². The number of hydrogen-bond acceptors (Lipinski definition) is 3. The van der Waals surface area contributed by atoms with Crippen molar-refractivity contribution >= 4 is 11.3 Å². The van der Waals surface area contributed by atoms with Gasteiger partial charge in [0.1, 0.15) is 0 Å². The van der Waals surface area contributed by atoms with Gasteiger partial charge in [0.2, 0.25) is 0 Å². The molecule has 0 spiro atoms. The van der Waals surface area contributed by atoms with Crippen LogP contribution in [-0.4, -0.2) is 10.5 Å². The first-order valence-corrected chi connectivity index (χ1v) is 9.78. The van der Waals surface area contributed by atoms with Crippen molar-refractivity contribution in [2.45, 2.75) is 84.2 Å². The smallest absolute Gasteiger partial charge is 0.0981 e. The maximum absolute atomic E-state index is 4.64. The zero-order valence-electron chi connectivity index (χ0n) is 14.9. The first-order chi connectivity index (χ1) is 10.3. The normalized spacial score (nSPS) is 35.6. The van der Waals surface area contributed by atoms with Crippen LogP contribution in [0.15, 0.2) is 6.20 Å². The monoisotopic (exact) mass is 320 g/mol. The Balaban J connectivity index is 1.68. The van der Waals surface area contributed by atoms with Crippen LogP contribution in [0.2, 0.25) is 0 Å². The molecule has 124 valence electrons. The number of nitrogens with zero attached hydrogens (tertiary/aromatic N) is 1. The van der Waals surface area contributed by atoms with Crippen molar-refractivity contribution < 1.29 is 0 Å². The fourth-order valence-electron chi connectivity index (χ4n) is 4.93. The van der Waals surface area contributed by atoms with E-state index < -0.39 is 0 Å². The zero-order chi connectivity index (χ0) is 16.0. The van der Waals surface area contributed by atoms with Gasteiger partial charge in [-0.2, -0.15) is 0 Å². The largest absolute Gasteiger partial charge is 0.306 e. The molecule has 1 aromatic heterocycles. The van der Waals surface area contributed by atoms with E-state index in [4.69, 9.17) is 0 Å². The highest BCUT2D eigenvalue weighted by molar-refractivity contribution is 7.11. The molecular weight excluding hydrogens is 288 g/mol. The third-order valence-corrected chi connectivity index (χ3v) is 6.89. The SMILES string of the molecule is CC1CC2CC(C)CC(NCc3cnc(C(C)(C)C)s3)(C1)C2. The van der Waals surface area contributed by atoms with Crippen LogP contribution in [0.25, 0.3) is 0 Å². The van der Waals surface area contributed by atoms with Crippen LogP contribution in [0.5, 0.6) is 0 Å². The fourth-order valence-corrected chi connectivity index (χ4v) is 5.84. The average molecular weight is 321 g/mol. The van der Waals surface area contributed by atoms with Crippen LogP contribution in [-0.2, 0) is 12.0 Å². The summed E-state index contributed by atoms with van der Waals surface area (Å²) in [4.78, 5) is 6.03. The number of rotatable bonds is 3. The second-order valence-electron chi connectivity index (χ2n) is 9.18. The molecule has 2 fully saturated rings. The molecule has 22 heavy (non-hydrogen) atoms. The third kappa shape index (κ3) is 3.56. The topological polar surface area (TPSA) is 24.9 Å². The van der Waals surface area contributed by atoms with Crippen LogP contribution in [0.1, 0.15) is 76.6 Å². The summed E-state index contributed by atoms with van der Waals surface area (Å²) in [6.45, 7) is 12.6. The van der Waals surface area contributed by atoms with E-state index in [0.29, 0.717) is 5.54 Å². The Morgan fingerprint density at radius 1 is 1.18 bits per heavy atom. The number of thiazole rings is 1. The summed E-state index contributed by atoms with van der Waals surface area (Å²) in [5.74, 6) is 2.71. The van der Waals surface area contributed by atoms with E-state index in [1.807, 2.05) is 11.3 Å². The van der Waals surface area contributed by atoms with Crippen LogP contribution in [0.4, 0.5) is 0 Å². The van der Waals surface area contributed by atoms with Crippen molar-refractivity contribution in [3.63, 3.8) is 0 Å². The van der Waals surface area contributed by atoms with Crippen molar-refractivity contribution in [2.24, 2.45) is 17.8 Å². The van der Waals surface area contributed by atoms with Crippen LogP contribution < -0.4 is 5.32 Å². The molecule has 3 heteroatoms. The van der Waals surface area contributed by atoms with E-state index in [2.05, 4.69) is 51.1 Å². The molecular formula is C19H32N2S. The fraction of sp³-hybridized carbons (Fsp3) is 0.842. The van der Waals surface area contributed by atoms with E-state index in [1.54, 1.807) is 0 Å². The lowest BCUT2D eigenvalue weighted by atomic mass is 9.61. The van der Waals surface area contributed by atoms with Gasteiger partial charge in [0.05, 0.1) is 5.01 Å². The van der Waals surface area contributed by atoms with Gasteiger partial charge in [-0.05, 0) is 49.9 Å². The van der Waals surface area contributed by atoms with Gasteiger partial charge < -0.3 is 5.32 Å². The summed E-state index contributed by atoms with van der Waals surface area (Å²) in [7, 11) is 0. The maximum Gasteiger partial charge on any atom is 0.0981 e. The van der Waals surface area contributed by atoms with Gasteiger partial charge in [0.25, 0.3) is 0 Å². The highest BCUT2D eigenvalue weighted by atomic mass is 32.1. The van der Waals surface area contributed by atoms with Crippen molar-refractivity contribution in [1.82, 2.24) is 10.3 Å². The van der Waals surface area contributed by atoms with Crippen molar-refractivity contribution in [3.8, 4) is 0 Å². The molecule has 0 saturated heterocycles. The van der Waals surface area contributed by atoms with Crippen molar-refractivity contribution in [1.29, 1.82) is 0 Å². The Hall–Kier alpha value is -0.410. The molecule has 2 aliphatic rings. The summed E-state index contributed by atoms with van der Waals surface area (Å²) in [5, 5.41) is 5.24. The molecule has 0 aliphatic heterocycles. The molecule has 2 atom stereocenters. The van der Waals surface area contributed by atoms with E-state index in [0.717, 1.165) is 24.3 Å². The molecule has 1 heterocycles. The maximum atomic E-state index is 4.64. The van der Waals surface area contributed by atoms with Gasteiger partial charge in [-0.1, -0.05) is 34.6 Å². The van der Waals surface area contributed by atoms with Crippen molar-refractivity contribution in [3.05, 3.63) is 16.1 Å². The molecule has 2 saturated carbocycles. The number of nitrogens with one attached hydrogen (secondary N) is 1. The van der Waals surface area contributed by atoms with E-state index in [-0.39, 0.29) is 5.41 Å². The molecule has 2 nitrogen and oxygen atoms in total. The third-order valence-electron chi connectivity index (χ3n) is 5.46. The average Bonchev–Trinajstić information content (AvgIpc) is 2.83. The molecule has 0 amide bonds. The molecule has 1 aromatic rings. The highest BCUT2D eigenvalue weighted by Crippen LogP contribution is 2.47. The van der Waals surface area contributed by atoms with Gasteiger partial charge in [-0.15, -0.1) is 11.3 Å². The lowest BCUT2D eigenvalue weighted by molar-refractivity contribution is 0.0544. The molecule has 2 unspecified atom stereocenters. The molecule has 0 aromatic carbocycles. The molecule has 0 radical (unpaired) electrons. The Kier molecular flexibility index (Phi) is 4.41. The van der Waals surface area contributed by atoms with Crippen LogP contribution in [0, 0.1) is 17.8 Å². The predicted molar refractivity (Wildman–Crippen MR) is 95.3 cm³/mol. The predicted octanol–water partition coefficient (Wildman–Crippen LogP) is 5.14. The minimum atomic E-state index is 0.172. The number of fused-ring (bicyclic) bond motifs is 2. The Bertz CT molecular complexity index is 494. The molecule has 2 bridgehead atoms. The summed E-state index contributed by atoms with van der Waals surface area (Å²) in [5.41, 5.74) is 0.566. The Labute approximate surface area is 140 Å². The number of hydrogen-bond donors (Lipinski definition) is 1. The van der Waals surface area contributed by atoms with Gasteiger partial charge in [0.15, 0.2) is 0 Å². The Morgan fingerprint density at radius 3 is 2.36 bits per heavy atom. The van der Waals surface area contributed by atoms with E-state index in [1.165, 1.54) is 42.0 Å². The van der Waals surface area contributed by atoms with Crippen LogP contribution in [0.3, 0.4) is 0 Å². The number of aromatic nitrogens is 1. The standard InChI is InChI=1S/C19H32N2S/c1-13-6-15-7-14(2)9-19(8-13,10-15)21-12-16-11-20-17(22-16)18(3,4)5/h11,13-15,21H,6-10,12H2,1-5H3. The van der Waals surface area contributed by atoms with E-state index in [9.17, 15) is 0 Å². The lowest BCUT2D eigenvalue weighted by Gasteiger charge is -2.50. The van der Waals surface area contributed by atoms with E-state index >= 15 is 0 Å². The summed E-state index contributed by atoms with van der Waals surface area (Å²) in [6.07, 6.45) is 9.10. The summed E-state index contributed by atoms with van der Waals surface area (Å²) < 4.78 is 0. The zero-order valence-corrected chi connectivity index (χ0v) is 15.7. The van der Waals surface area contributed by atoms with Gasteiger partial charge in [0, 0.05) is 28.6 Å². The van der Waals surface area contributed by atoms with Crippen molar-refractivity contribution in [2.75, 3.05) is 0 Å². The second kappa shape index (κ2) is 5.90. The minimum absolute atomic E-state index is 0.172. The highest BCUT2D eigenvalue weighted by Gasteiger charge is 2.43. The minimum Gasteiger partial charge on any atom is -0.306 e.